The van der Waals surface area contributed by atoms with Gasteiger partial charge >= 0.3 is 5.97 Å². The number of carbonyl (C=O) groups is 2. The van der Waals surface area contributed by atoms with Gasteiger partial charge in [0, 0.05) is 23.6 Å². The van der Waals surface area contributed by atoms with Gasteiger partial charge in [-0.05, 0) is 57.4 Å². The van der Waals surface area contributed by atoms with Gasteiger partial charge in [0.2, 0.25) is 11.1 Å². The molecule has 0 spiro atoms. The molecule has 1 atom stereocenters. The van der Waals surface area contributed by atoms with Crippen LogP contribution in [-0.2, 0) is 20.7 Å². The van der Waals surface area contributed by atoms with E-state index < -0.39 is 16.8 Å². The normalized spacial score (nSPS) is 16.4. The number of aromatic amines is 1. The number of nitrogens with one attached hydrogen (secondary N) is 1. The van der Waals surface area contributed by atoms with Gasteiger partial charge in [0.1, 0.15) is 12.1 Å². The van der Waals surface area contributed by atoms with E-state index in [0.29, 0.717) is 23.8 Å². The molecule has 166 valence electrons. The molecule has 0 fully saturated rings. The molecule has 8 nitrogen and oxygen atoms in total. The van der Waals surface area contributed by atoms with E-state index in [0.717, 1.165) is 16.8 Å². The van der Waals surface area contributed by atoms with Crippen molar-refractivity contribution in [3.63, 3.8) is 0 Å². The Morgan fingerprint density at radius 1 is 1.22 bits per heavy atom. The number of anilines is 1. The van der Waals surface area contributed by atoms with E-state index in [2.05, 4.69) is 20.2 Å². The largest absolute Gasteiger partial charge is 0.459 e. The Morgan fingerprint density at radius 2 is 1.97 bits per heavy atom. The summed E-state index contributed by atoms with van der Waals surface area (Å²) in [5.41, 5.74) is 2.02. The van der Waals surface area contributed by atoms with Gasteiger partial charge in [-0.1, -0.05) is 30.0 Å². The number of esters is 1. The number of rotatable bonds is 5. The number of H-pyrrole nitrogens is 1. The SMILES string of the molecule is CC(C)(C)OC(=O)CN1C(=O)C(Sc2n[nH]c(-c3ccncc3)n2)CCc2ccccc21. The second-order valence-corrected chi connectivity index (χ2v) is 9.66. The number of para-hydroxylation sites is 1. The zero-order chi connectivity index (χ0) is 22.7. The zero-order valence-electron chi connectivity index (χ0n) is 18.2. The lowest BCUT2D eigenvalue weighted by Crippen LogP contribution is -2.42. The van der Waals surface area contributed by atoms with Crippen LogP contribution in [0.15, 0.2) is 53.9 Å². The summed E-state index contributed by atoms with van der Waals surface area (Å²) in [4.78, 5) is 36.1. The lowest BCUT2D eigenvalue weighted by atomic mass is 10.1. The molecular formula is C23H25N5O3S. The van der Waals surface area contributed by atoms with Crippen LogP contribution in [0.5, 0.6) is 0 Å². The molecule has 0 radical (unpaired) electrons. The van der Waals surface area contributed by atoms with E-state index in [1.807, 2.05) is 57.2 Å². The highest BCUT2D eigenvalue weighted by atomic mass is 32.2. The van der Waals surface area contributed by atoms with Crippen molar-refractivity contribution in [1.82, 2.24) is 20.2 Å². The van der Waals surface area contributed by atoms with Crippen molar-refractivity contribution in [3.8, 4) is 11.4 Å². The van der Waals surface area contributed by atoms with Crippen LogP contribution in [0.1, 0.15) is 32.8 Å². The predicted octanol–water partition coefficient (Wildman–Crippen LogP) is 3.65. The van der Waals surface area contributed by atoms with E-state index in [9.17, 15) is 9.59 Å². The third-order valence-electron chi connectivity index (χ3n) is 4.87. The number of aryl methyl sites for hydroxylation is 1. The maximum absolute atomic E-state index is 13.5. The fourth-order valence-electron chi connectivity index (χ4n) is 3.53. The van der Waals surface area contributed by atoms with Crippen molar-refractivity contribution in [2.24, 2.45) is 0 Å². The van der Waals surface area contributed by atoms with Gasteiger partial charge in [-0.2, -0.15) is 0 Å². The molecule has 3 heterocycles. The lowest BCUT2D eigenvalue weighted by Gasteiger charge is -2.26. The zero-order valence-corrected chi connectivity index (χ0v) is 19.1. The van der Waals surface area contributed by atoms with Crippen molar-refractivity contribution < 1.29 is 14.3 Å². The molecule has 0 bridgehead atoms. The summed E-state index contributed by atoms with van der Waals surface area (Å²) in [5.74, 6) is 0.0232. The van der Waals surface area contributed by atoms with Gasteiger partial charge in [-0.25, -0.2) is 4.98 Å². The number of fused-ring (bicyclic) bond motifs is 1. The Bertz CT molecular complexity index is 1110. The molecular weight excluding hydrogens is 426 g/mol. The smallest absolute Gasteiger partial charge is 0.326 e. The number of ether oxygens (including phenoxy) is 1. The molecule has 1 amide bonds. The molecule has 1 aliphatic heterocycles. The molecule has 0 saturated heterocycles. The van der Waals surface area contributed by atoms with Gasteiger partial charge < -0.3 is 4.74 Å². The summed E-state index contributed by atoms with van der Waals surface area (Å²) >= 11 is 1.30. The Balaban J connectivity index is 1.56. The first-order chi connectivity index (χ1) is 15.3. The fourth-order valence-corrected chi connectivity index (χ4v) is 4.49. The summed E-state index contributed by atoms with van der Waals surface area (Å²) in [7, 11) is 0. The second kappa shape index (κ2) is 9.12. The Hall–Kier alpha value is -3.20. The Kier molecular flexibility index (Phi) is 6.27. The minimum Gasteiger partial charge on any atom is -0.459 e. The second-order valence-electron chi connectivity index (χ2n) is 8.49. The standard InChI is InChI=1S/C23H25N5O3S/c1-23(2,3)31-19(29)14-28-17-7-5-4-6-15(17)8-9-18(21(28)30)32-22-25-20(26-27-22)16-10-12-24-13-11-16/h4-7,10-13,18H,8-9,14H2,1-3H3,(H,25,26,27). The molecule has 32 heavy (non-hydrogen) atoms. The van der Waals surface area contributed by atoms with E-state index in [1.165, 1.54) is 16.7 Å². The molecule has 4 rings (SSSR count). The molecule has 1 N–H and O–H groups in total. The molecule has 1 aliphatic rings. The van der Waals surface area contributed by atoms with Crippen LogP contribution in [0.4, 0.5) is 5.69 Å². The quantitative estimate of drug-likeness (QED) is 0.591. The summed E-state index contributed by atoms with van der Waals surface area (Å²) < 4.78 is 5.48. The predicted molar refractivity (Wildman–Crippen MR) is 122 cm³/mol. The summed E-state index contributed by atoms with van der Waals surface area (Å²) in [6, 6.07) is 11.4. The highest BCUT2D eigenvalue weighted by Crippen LogP contribution is 2.34. The van der Waals surface area contributed by atoms with Crippen molar-refractivity contribution >= 4 is 29.3 Å². The Labute approximate surface area is 190 Å². The number of nitrogens with zero attached hydrogens (tertiary/aromatic N) is 4. The molecule has 9 heteroatoms. The first kappa shape index (κ1) is 22.0. The van der Waals surface area contributed by atoms with E-state index in [4.69, 9.17) is 4.74 Å². The van der Waals surface area contributed by atoms with Crippen molar-refractivity contribution in [3.05, 3.63) is 54.4 Å². The summed E-state index contributed by atoms with van der Waals surface area (Å²) in [6.45, 7) is 5.29. The number of aromatic nitrogens is 4. The van der Waals surface area contributed by atoms with Crippen LogP contribution in [0.2, 0.25) is 0 Å². The van der Waals surface area contributed by atoms with Crippen LogP contribution in [0.25, 0.3) is 11.4 Å². The number of benzene rings is 1. The van der Waals surface area contributed by atoms with Crippen molar-refractivity contribution in [2.45, 2.75) is 49.6 Å². The number of hydrogen-bond donors (Lipinski definition) is 1. The number of pyridine rings is 1. The average Bonchev–Trinajstić information content (AvgIpc) is 3.18. The topological polar surface area (TPSA) is 101 Å². The van der Waals surface area contributed by atoms with Gasteiger partial charge in [0.15, 0.2) is 5.82 Å². The molecule has 1 unspecified atom stereocenters. The number of thioether (sulfide) groups is 1. The van der Waals surface area contributed by atoms with Gasteiger partial charge in [-0.3, -0.25) is 24.6 Å². The van der Waals surface area contributed by atoms with Crippen LogP contribution < -0.4 is 4.90 Å². The summed E-state index contributed by atoms with van der Waals surface area (Å²) in [6.07, 6.45) is 4.70. The maximum Gasteiger partial charge on any atom is 0.326 e. The molecule has 1 aromatic carbocycles. The van der Waals surface area contributed by atoms with E-state index in [-0.39, 0.29) is 12.5 Å². The third kappa shape index (κ3) is 5.16. The van der Waals surface area contributed by atoms with Gasteiger partial charge in [-0.15, -0.1) is 5.10 Å². The van der Waals surface area contributed by atoms with Crippen LogP contribution in [-0.4, -0.2) is 49.4 Å². The van der Waals surface area contributed by atoms with Crippen LogP contribution in [0, 0.1) is 0 Å². The van der Waals surface area contributed by atoms with Crippen molar-refractivity contribution in [1.29, 1.82) is 0 Å². The average molecular weight is 452 g/mol. The first-order valence-electron chi connectivity index (χ1n) is 10.4. The fraction of sp³-hybridized carbons (Fsp3) is 0.348. The number of hydrogen-bond acceptors (Lipinski definition) is 7. The van der Waals surface area contributed by atoms with E-state index in [1.54, 1.807) is 12.4 Å². The minimum absolute atomic E-state index is 0.138. The molecule has 2 aromatic heterocycles. The van der Waals surface area contributed by atoms with E-state index >= 15 is 0 Å². The molecule has 3 aromatic rings. The maximum atomic E-state index is 13.5. The number of amides is 1. The van der Waals surface area contributed by atoms with Gasteiger partial charge in [0.05, 0.1) is 5.25 Å². The molecule has 0 saturated carbocycles. The highest BCUT2D eigenvalue weighted by Gasteiger charge is 2.34. The monoisotopic (exact) mass is 451 g/mol. The first-order valence-corrected chi connectivity index (χ1v) is 11.3. The lowest BCUT2D eigenvalue weighted by molar-refractivity contribution is -0.153. The van der Waals surface area contributed by atoms with Gasteiger partial charge in [0.25, 0.3) is 0 Å². The third-order valence-corrected chi connectivity index (χ3v) is 5.99. The Morgan fingerprint density at radius 3 is 2.72 bits per heavy atom. The molecule has 0 aliphatic carbocycles. The van der Waals surface area contributed by atoms with Crippen LogP contribution in [0.3, 0.4) is 0 Å². The van der Waals surface area contributed by atoms with Crippen LogP contribution >= 0.6 is 11.8 Å². The minimum atomic E-state index is -0.623. The summed E-state index contributed by atoms with van der Waals surface area (Å²) in [5, 5.41) is 7.26. The highest BCUT2D eigenvalue weighted by molar-refractivity contribution is 8.00. The van der Waals surface area contributed by atoms with Crippen molar-refractivity contribution in [2.75, 3.05) is 11.4 Å². The number of carbonyl (C=O) groups excluding carboxylic acids is 2.